The molecule has 0 aromatic heterocycles. The predicted octanol–water partition coefficient (Wildman–Crippen LogP) is 10.3. The first kappa shape index (κ1) is 53.3. The van der Waals surface area contributed by atoms with Crippen molar-refractivity contribution in [3.05, 3.63) is 0 Å². The molecular weight excluding hydrogens is 723 g/mol. The summed E-state index contributed by atoms with van der Waals surface area (Å²) < 4.78 is 28.8. The molecule has 57 heavy (non-hydrogen) atoms. The van der Waals surface area contributed by atoms with Gasteiger partial charge in [0.2, 0.25) is 0 Å². The van der Waals surface area contributed by atoms with Crippen LogP contribution in [0.2, 0.25) is 0 Å². The topological polar surface area (TPSA) is 121 Å². The summed E-state index contributed by atoms with van der Waals surface area (Å²) in [6, 6.07) is 0. The summed E-state index contributed by atoms with van der Waals surface area (Å²) in [5.74, 6) is -1.10. The van der Waals surface area contributed by atoms with E-state index in [1.165, 1.54) is 64.2 Å². The summed E-state index contributed by atoms with van der Waals surface area (Å²) in [6.07, 6.45) is 26.5. The number of nitrogens with zero attached hydrogens (tertiary/aromatic N) is 1. The van der Waals surface area contributed by atoms with Gasteiger partial charge in [-0.1, -0.05) is 156 Å². The minimum absolute atomic E-state index is 0.00728. The molecule has 1 aliphatic rings. The van der Waals surface area contributed by atoms with Gasteiger partial charge in [0, 0.05) is 32.2 Å². The van der Waals surface area contributed by atoms with Crippen LogP contribution in [0.3, 0.4) is 0 Å². The fourth-order valence-electron chi connectivity index (χ4n) is 7.45. The number of hydrogen-bond acceptors (Lipinski definition) is 10. The fraction of sp³-hybridized carbons (Fsp3) is 0.936. The Hall–Kier alpha value is -1.75. The third-order valence-electron chi connectivity index (χ3n) is 11.4. The van der Waals surface area contributed by atoms with E-state index in [-0.39, 0.29) is 63.2 Å². The summed E-state index contributed by atoms with van der Waals surface area (Å²) >= 11 is 0. The van der Waals surface area contributed by atoms with Gasteiger partial charge in [0.05, 0.1) is 50.6 Å². The van der Waals surface area contributed by atoms with E-state index < -0.39 is 11.9 Å². The van der Waals surface area contributed by atoms with Gasteiger partial charge in [0.1, 0.15) is 19.8 Å². The highest BCUT2D eigenvalue weighted by molar-refractivity contribution is 5.73. The maximum atomic E-state index is 13.5. The molecule has 0 aliphatic carbocycles. The second-order valence-electron chi connectivity index (χ2n) is 16.8. The highest BCUT2D eigenvalue weighted by Crippen LogP contribution is 2.23. The molecule has 0 aromatic rings. The highest BCUT2D eigenvalue weighted by Gasteiger charge is 2.26. The molecule has 0 aromatic carbocycles. The number of aliphatic hydroxyl groups is 1. The van der Waals surface area contributed by atoms with Gasteiger partial charge in [-0.2, -0.15) is 0 Å². The van der Waals surface area contributed by atoms with Crippen LogP contribution in [0.15, 0.2) is 0 Å². The van der Waals surface area contributed by atoms with Gasteiger partial charge >= 0.3 is 17.9 Å². The van der Waals surface area contributed by atoms with E-state index in [4.69, 9.17) is 28.8 Å². The first-order valence-electron chi connectivity index (χ1n) is 23.9. The van der Waals surface area contributed by atoms with Gasteiger partial charge < -0.3 is 33.7 Å². The van der Waals surface area contributed by atoms with Crippen LogP contribution in [-0.4, -0.2) is 100 Å². The third-order valence-corrected chi connectivity index (χ3v) is 11.4. The molecule has 0 amide bonds. The van der Waals surface area contributed by atoms with Gasteiger partial charge in [0.25, 0.3) is 0 Å². The van der Waals surface area contributed by atoms with E-state index in [2.05, 4.69) is 32.6 Å². The van der Waals surface area contributed by atoms with Gasteiger partial charge in [-0.15, -0.1) is 0 Å². The van der Waals surface area contributed by atoms with Crippen LogP contribution in [0, 0.1) is 23.7 Å². The molecule has 0 bridgehead atoms. The van der Waals surface area contributed by atoms with Crippen LogP contribution in [0.1, 0.15) is 188 Å². The number of ether oxygens (including phenoxy) is 5. The number of unbranched alkanes of at least 4 members (excludes halogenated alkanes) is 16. The number of carbonyl (C=O) groups excluding carboxylic acids is 3. The standard InChI is InChI=1S/C47H89NO9/c1-5-9-13-17-19-23-27-43(25-21-15-11-7-3)46(51)56-39-42(38-55-45(50)29-31-53-33-34-54-32-30-48-35-41(36-48)37-49)40-57-47(52)44(26-22-16-12-8-4)28-24-20-18-14-10-6-2/h41-44,49H,5-40H2,1-4H3. The Labute approximate surface area is 349 Å². The largest absolute Gasteiger partial charge is 0.465 e. The average molecular weight is 812 g/mol. The molecule has 1 saturated heterocycles. The number of esters is 3. The smallest absolute Gasteiger partial charge is 0.308 e. The van der Waals surface area contributed by atoms with E-state index in [1.807, 2.05) is 0 Å². The SMILES string of the molecule is CCCCCCCCC(CCCCCC)C(=O)OCC(COC(=O)CCOCCOCCN1CC(CO)C1)COC(=O)C(CCCCCC)CCCCCCCC. The molecule has 10 heteroatoms. The average Bonchev–Trinajstić information content (AvgIpc) is 3.20. The number of hydrogen-bond donors (Lipinski definition) is 1. The Bertz CT molecular complexity index is 896. The second kappa shape index (κ2) is 38.5. The van der Waals surface area contributed by atoms with Crippen LogP contribution in [0.4, 0.5) is 0 Å². The van der Waals surface area contributed by atoms with Crippen molar-refractivity contribution < 1.29 is 43.2 Å². The Morgan fingerprint density at radius 2 is 0.912 bits per heavy atom. The highest BCUT2D eigenvalue weighted by atomic mass is 16.6. The van der Waals surface area contributed by atoms with Crippen molar-refractivity contribution in [3.8, 4) is 0 Å². The minimum Gasteiger partial charge on any atom is -0.465 e. The summed E-state index contributed by atoms with van der Waals surface area (Å²) in [6.45, 7) is 13.5. The van der Waals surface area contributed by atoms with Crippen molar-refractivity contribution in [2.24, 2.45) is 23.7 Å². The third kappa shape index (κ3) is 30.0. The Morgan fingerprint density at radius 1 is 0.526 bits per heavy atom. The molecule has 1 aliphatic heterocycles. The van der Waals surface area contributed by atoms with Crippen molar-refractivity contribution in [3.63, 3.8) is 0 Å². The van der Waals surface area contributed by atoms with E-state index in [9.17, 15) is 14.4 Å². The van der Waals surface area contributed by atoms with Gasteiger partial charge in [-0.05, 0) is 25.7 Å². The molecule has 1 rings (SSSR count). The molecule has 1 N–H and O–H groups in total. The maximum Gasteiger partial charge on any atom is 0.308 e. The van der Waals surface area contributed by atoms with Crippen LogP contribution in [0.25, 0.3) is 0 Å². The van der Waals surface area contributed by atoms with E-state index in [0.717, 1.165) is 110 Å². The molecule has 1 fully saturated rings. The molecule has 336 valence electrons. The van der Waals surface area contributed by atoms with Crippen LogP contribution in [-0.2, 0) is 38.1 Å². The Balaban J connectivity index is 2.73. The lowest BCUT2D eigenvalue weighted by Crippen LogP contribution is -2.49. The number of aliphatic hydroxyl groups excluding tert-OH is 1. The maximum absolute atomic E-state index is 13.5. The lowest BCUT2D eigenvalue weighted by atomic mass is 9.94. The van der Waals surface area contributed by atoms with Crippen LogP contribution >= 0.6 is 0 Å². The molecule has 2 unspecified atom stereocenters. The summed E-state index contributed by atoms with van der Waals surface area (Å²) in [5.41, 5.74) is 0. The zero-order valence-electron chi connectivity index (χ0n) is 37.4. The predicted molar refractivity (Wildman–Crippen MR) is 230 cm³/mol. The quantitative estimate of drug-likeness (QED) is 0.0362. The van der Waals surface area contributed by atoms with E-state index >= 15 is 0 Å². The first-order chi connectivity index (χ1) is 27.9. The van der Waals surface area contributed by atoms with Crippen LogP contribution < -0.4 is 0 Å². The zero-order valence-corrected chi connectivity index (χ0v) is 37.4. The van der Waals surface area contributed by atoms with E-state index in [1.54, 1.807) is 0 Å². The van der Waals surface area contributed by atoms with Crippen molar-refractivity contribution in [2.45, 2.75) is 188 Å². The first-order valence-corrected chi connectivity index (χ1v) is 23.9. The zero-order chi connectivity index (χ0) is 41.6. The van der Waals surface area contributed by atoms with Crippen molar-refractivity contribution in [1.29, 1.82) is 0 Å². The van der Waals surface area contributed by atoms with Gasteiger partial charge in [-0.3, -0.25) is 14.4 Å². The molecule has 0 saturated carbocycles. The molecule has 0 spiro atoms. The fourth-order valence-corrected chi connectivity index (χ4v) is 7.45. The van der Waals surface area contributed by atoms with Gasteiger partial charge in [-0.25, -0.2) is 0 Å². The lowest BCUT2D eigenvalue weighted by Gasteiger charge is -2.38. The Morgan fingerprint density at radius 3 is 1.35 bits per heavy atom. The normalized spacial score (nSPS) is 14.9. The van der Waals surface area contributed by atoms with Crippen LogP contribution in [0.5, 0.6) is 0 Å². The molecule has 1 heterocycles. The summed E-state index contributed by atoms with van der Waals surface area (Å²) in [7, 11) is 0. The summed E-state index contributed by atoms with van der Waals surface area (Å²) in [4.78, 5) is 42.0. The number of carbonyl (C=O) groups is 3. The van der Waals surface area contributed by atoms with Gasteiger partial charge in [0.15, 0.2) is 0 Å². The monoisotopic (exact) mass is 812 g/mol. The van der Waals surface area contributed by atoms with E-state index in [0.29, 0.717) is 25.7 Å². The molecule has 10 nitrogen and oxygen atoms in total. The molecule has 0 radical (unpaired) electrons. The number of likely N-dealkylation sites (tertiary alicyclic amines) is 1. The van der Waals surface area contributed by atoms with Crippen molar-refractivity contribution >= 4 is 17.9 Å². The molecular formula is C47H89NO9. The summed E-state index contributed by atoms with van der Waals surface area (Å²) in [5, 5.41) is 9.15. The molecule has 2 atom stereocenters. The second-order valence-corrected chi connectivity index (χ2v) is 16.8. The lowest BCUT2D eigenvalue weighted by molar-refractivity contribution is -0.158. The Kier molecular flexibility index (Phi) is 35.9. The minimum atomic E-state index is -0.445. The number of rotatable bonds is 42. The van der Waals surface area contributed by atoms with Crippen molar-refractivity contribution in [2.75, 3.05) is 72.5 Å². The van der Waals surface area contributed by atoms with Crippen molar-refractivity contribution in [1.82, 2.24) is 4.90 Å².